The van der Waals surface area contributed by atoms with Crippen molar-refractivity contribution in [2.45, 2.75) is 19.3 Å². The molecule has 7 nitrogen and oxygen atoms in total. The number of carbonyl (C=O) groups is 3. The average molecular weight is 382 g/mol. The van der Waals surface area contributed by atoms with Crippen molar-refractivity contribution in [3.8, 4) is 5.75 Å². The third-order valence-corrected chi connectivity index (χ3v) is 4.93. The number of rotatable bonds is 6. The van der Waals surface area contributed by atoms with Gasteiger partial charge in [0.1, 0.15) is 5.75 Å². The zero-order chi connectivity index (χ0) is 20.3. The number of nitrogens with one attached hydrogen (secondary N) is 1. The van der Waals surface area contributed by atoms with Crippen LogP contribution in [0.25, 0.3) is 0 Å². The Morgan fingerprint density at radius 2 is 1.79 bits per heavy atom. The molecule has 2 atom stereocenters. The van der Waals surface area contributed by atoms with E-state index in [-0.39, 0.29) is 18.2 Å². The summed E-state index contributed by atoms with van der Waals surface area (Å²) in [6.07, 6.45) is 0.145. The number of hydrogen-bond acceptors (Lipinski definition) is 4. The van der Waals surface area contributed by atoms with Gasteiger partial charge < -0.3 is 20.1 Å². The van der Waals surface area contributed by atoms with E-state index in [9.17, 15) is 14.4 Å². The summed E-state index contributed by atoms with van der Waals surface area (Å²) in [5.41, 5.74) is 1.96. The highest BCUT2D eigenvalue weighted by molar-refractivity contribution is 6.03. The highest BCUT2D eigenvalue weighted by atomic mass is 16.5. The van der Waals surface area contributed by atoms with Crippen molar-refractivity contribution in [1.29, 1.82) is 0 Å². The molecule has 0 saturated carbocycles. The normalized spacial score (nSPS) is 17.3. The predicted octanol–water partition coefficient (Wildman–Crippen LogP) is 2.87. The minimum Gasteiger partial charge on any atom is -0.497 e. The maximum Gasteiger partial charge on any atom is 0.310 e. The van der Waals surface area contributed by atoms with Crippen LogP contribution in [0.1, 0.15) is 24.8 Å². The lowest BCUT2D eigenvalue weighted by molar-refractivity contribution is -0.138. The third kappa shape index (κ3) is 4.14. The van der Waals surface area contributed by atoms with Crippen molar-refractivity contribution in [3.05, 3.63) is 54.1 Å². The van der Waals surface area contributed by atoms with E-state index in [0.717, 1.165) is 5.69 Å². The molecule has 0 aromatic heterocycles. The molecule has 0 aliphatic carbocycles. The quantitative estimate of drug-likeness (QED) is 0.801. The van der Waals surface area contributed by atoms with Crippen LogP contribution in [0.15, 0.2) is 48.5 Å². The Morgan fingerprint density at radius 3 is 2.36 bits per heavy atom. The Morgan fingerprint density at radius 1 is 1.14 bits per heavy atom. The van der Waals surface area contributed by atoms with E-state index in [2.05, 4.69) is 5.32 Å². The van der Waals surface area contributed by atoms with Crippen molar-refractivity contribution >= 4 is 29.2 Å². The fourth-order valence-electron chi connectivity index (χ4n) is 3.14. The first-order chi connectivity index (χ1) is 13.4. The molecule has 2 N–H and O–H groups in total. The number of methoxy groups -OCH3 is 1. The molecular formula is C21H22N2O5. The molecule has 3 rings (SSSR count). The summed E-state index contributed by atoms with van der Waals surface area (Å²) >= 11 is 0. The van der Waals surface area contributed by atoms with Crippen LogP contribution >= 0.6 is 0 Å². The molecule has 1 heterocycles. The van der Waals surface area contributed by atoms with Gasteiger partial charge in [-0.1, -0.05) is 12.1 Å². The number of hydrogen-bond donors (Lipinski definition) is 2. The van der Waals surface area contributed by atoms with E-state index in [4.69, 9.17) is 9.84 Å². The summed E-state index contributed by atoms with van der Waals surface area (Å²) < 4.78 is 5.12. The molecule has 0 spiro atoms. The van der Waals surface area contributed by atoms with Gasteiger partial charge in [0.2, 0.25) is 11.8 Å². The summed E-state index contributed by atoms with van der Waals surface area (Å²) in [5, 5.41) is 11.9. The number of carboxylic acids is 1. The van der Waals surface area contributed by atoms with Crippen LogP contribution in [0, 0.1) is 5.92 Å². The van der Waals surface area contributed by atoms with Crippen LogP contribution in [-0.2, 0) is 14.4 Å². The smallest absolute Gasteiger partial charge is 0.310 e. The van der Waals surface area contributed by atoms with Crippen LogP contribution < -0.4 is 15.0 Å². The zero-order valence-corrected chi connectivity index (χ0v) is 15.7. The van der Waals surface area contributed by atoms with Crippen molar-refractivity contribution in [2.75, 3.05) is 23.9 Å². The fourth-order valence-corrected chi connectivity index (χ4v) is 3.14. The van der Waals surface area contributed by atoms with E-state index in [1.165, 1.54) is 0 Å². The van der Waals surface area contributed by atoms with Gasteiger partial charge in [-0.15, -0.1) is 0 Å². The van der Waals surface area contributed by atoms with Crippen molar-refractivity contribution in [1.82, 2.24) is 0 Å². The predicted molar refractivity (Wildman–Crippen MR) is 105 cm³/mol. The number of ether oxygens (including phenoxy) is 1. The number of nitrogens with zero attached hydrogens (tertiary/aromatic N) is 1. The summed E-state index contributed by atoms with van der Waals surface area (Å²) in [5.74, 6) is -1.60. The second-order valence-electron chi connectivity index (χ2n) is 6.77. The van der Waals surface area contributed by atoms with Crippen molar-refractivity contribution in [2.24, 2.45) is 5.92 Å². The number of carboxylic acid groups (broad SMARTS) is 1. The molecule has 1 saturated heterocycles. The summed E-state index contributed by atoms with van der Waals surface area (Å²) in [6.45, 7) is 1.92. The van der Waals surface area contributed by atoms with Gasteiger partial charge in [0.15, 0.2) is 0 Å². The Balaban J connectivity index is 1.63. The molecule has 7 heteroatoms. The second kappa shape index (κ2) is 8.12. The topological polar surface area (TPSA) is 95.9 Å². The van der Waals surface area contributed by atoms with Gasteiger partial charge >= 0.3 is 5.97 Å². The molecule has 1 fully saturated rings. The van der Waals surface area contributed by atoms with Crippen LogP contribution in [0.4, 0.5) is 11.4 Å². The molecule has 2 aromatic rings. The van der Waals surface area contributed by atoms with E-state index in [0.29, 0.717) is 23.5 Å². The monoisotopic (exact) mass is 382 g/mol. The Labute approximate surface area is 162 Å². The van der Waals surface area contributed by atoms with Crippen molar-refractivity contribution < 1.29 is 24.2 Å². The molecule has 0 bridgehead atoms. The van der Waals surface area contributed by atoms with Crippen LogP contribution in [0.2, 0.25) is 0 Å². The molecule has 0 radical (unpaired) electrons. The largest absolute Gasteiger partial charge is 0.497 e. The molecule has 1 aliphatic heterocycles. The average Bonchev–Trinajstić information content (AvgIpc) is 3.10. The molecule has 28 heavy (non-hydrogen) atoms. The van der Waals surface area contributed by atoms with Crippen molar-refractivity contribution in [3.63, 3.8) is 0 Å². The molecule has 2 unspecified atom stereocenters. The minimum absolute atomic E-state index is 0.101. The van der Waals surface area contributed by atoms with Gasteiger partial charge in [-0.2, -0.15) is 0 Å². The van der Waals surface area contributed by atoms with Gasteiger partial charge in [0.05, 0.1) is 18.9 Å². The first-order valence-corrected chi connectivity index (χ1v) is 8.97. The zero-order valence-electron chi connectivity index (χ0n) is 15.7. The summed E-state index contributed by atoms with van der Waals surface area (Å²) in [7, 11) is 1.57. The maximum atomic E-state index is 12.6. The first-order valence-electron chi connectivity index (χ1n) is 8.97. The number of aliphatic carboxylic acids is 1. The van der Waals surface area contributed by atoms with Crippen LogP contribution in [-0.4, -0.2) is 36.5 Å². The minimum atomic E-state index is -0.903. The first kappa shape index (κ1) is 19.4. The van der Waals surface area contributed by atoms with Gasteiger partial charge in [0, 0.05) is 24.3 Å². The van der Waals surface area contributed by atoms with E-state index in [1.807, 2.05) is 0 Å². The highest BCUT2D eigenvalue weighted by Crippen LogP contribution is 2.28. The fraction of sp³-hybridized carbons (Fsp3) is 0.286. The third-order valence-electron chi connectivity index (χ3n) is 4.93. The highest BCUT2D eigenvalue weighted by Gasteiger charge is 2.35. The standard InChI is InChI=1S/C21H22N2O5/c1-13(21(26)27)14-3-5-16(6-4-14)22-20(25)15-11-19(24)23(12-15)17-7-9-18(28-2)10-8-17/h3-10,13,15H,11-12H2,1-2H3,(H,22,25)(H,26,27). The SMILES string of the molecule is COc1ccc(N2CC(C(=O)Nc3ccc(C(C)C(=O)O)cc3)CC2=O)cc1. The number of anilines is 2. The van der Waals surface area contributed by atoms with E-state index >= 15 is 0 Å². The van der Waals surface area contributed by atoms with E-state index in [1.54, 1.807) is 67.5 Å². The summed E-state index contributed by atoms with van der Waals surface area (Å²) in [6, 6.07) is 13.8. The van der Waals surface area contributed by atoms with Crippen LogP contribution in [0.3, 0.4) is 0 Å². The Hall–Kier alpha value is -3.35. The van der Waals surface area contributed by atoms with Gasteiger partial charge in [-0.25, -0.2) is 0 Å². The Kier molecular flexibility index (Phi) is 5.63. The van der Waals surface area contributed by atoms with Gasteiger partial charge in [-0.3, -0.25) is 14.4 Å². The number of amides is 2. The van der Waals surface area contributed by atoms with Crippen LogP contribution in [0.5, 0.6) is 5.75 Å². The maximum absolute atomic E-state index is 12.6. The lowest BCUT2D eigenvalue weighted by Gasteiger charge is -2.17. The number of benzene rings is 2. The second-order valence-corrected chi connectivity index (χ2v) is 6.77. The van der Waals surface area contributed by atoms with E-state index < -0.39 is 17.8 Å². The number of carbonyl (C=O) groups excluding carboxylic acids is 2. The molecule has 2 aromatic carbocycles. The lowest BCUT2D eigenvalue weighted by Crippen LogP contribution is -2.28. The molecule has 2 amide bonds. The lowest BCUT2D eigenvalue weighted by atomic mass is 10.0. The van der Waals surface area contributed by atoms with Gasteiger partial charge in [-0.05, 0) is 48.9 Å². The van der Waals surface area contributed by atoms with Gasteiger partial charge in [0.25, 0.3) is 0 Å². The molecule has 146 valence electrons. The summed E-state index contributed by atoms with van der Waals surface area (Å²) in [4.78, 5) is 37.5. The molecule has 1 aliphatic rings. The Bertz CT molecular complexity index is 877. The molecular weight excluding hydrogens is 360 g/mol.